The van der Waals surface area contributed by atoms with E-state index in [0.717, 1.165) is 0 Å². The van der Waals surface area contributed by atoms with Gasteiger partial charge in [-0.2, -0.15) is 9.65 Å². The van der Waals surface area contributed by atoms with Crippen molar-refractivity contribution in [2.24, 2.45) is 0 Å². The second-order valence-electron chi connectivity index (χ2n) is 1.93. The van der Waals surface area contributed by atoms with Gasteiger partial charge in [0.2, 0.25) is 5.95 Å². The molecule has 0 unspecified atom stereocenters. The highest BCUT2D eigenvalue weighted by Gasteiger charge is 2.00. The van der Waals surface area contributed by atoms with Crippen LogP contribution in [-0.2, 0) is 6.42 Å². The van der Waals surface area contributed by atoms with Crippen molar-refractivity contribution < 1.29 is 4.39 Å². The number of aromatic nitrogens is 1. The molecule has 11 heavy (non-hydrogen) atoms. The van der Waals surface area contributed by atoms with Crippen LogP contribution in [0.25, 0.3) is 0 Å². The lowest BCUT2D eigenvalue weighted by Crippen LogP contribution is -1.88. The quantitative estimate of drug-likeness (QED) is 0.672. The average Bonchev–Trinajstić information content (AvgIpc) is 1.95. The zero-order valence-electron chi connectivity index (χ0n) is 5.51. The Morgan fingerprint density at radius 3 is 3.00 bits per heavy atom. The molecule has 0 aliphatic rings. The molecule has 0 aliphatic carbocycles. The highest BCUT2D eigenvalue weighted by atomic mass is 79.9. The topological polar surface area (TPSA) is 36.7 Å². The van der Waals surface area contributed by atoms with Gasteiger partial charge in [0.1, 0.15) is 0 Å². The van der Waals surface area contributed by atoms with Gasteiger partial charge in [-0.1, -0.05) is 15.9 Å². The first kappa shape index (κ1) is 8.15. The normalized spacial score (nSPS) is 9.18. The fourth-order valence-corrected chi connectivity index (χ4v) is 1.08. The van der Waals surface area contributed by atoms with Gasteiger partial charge < -0.3 is 0 Å². The molecule has 1 aromatic rings. The van der Waals surface area contributed by atoms with Crippen LogP contribution in [0.15, 0.2) is 16.7 Å². The van der Waals surface area contributed by atoms with Gasteiger partial charge in [-0.3, -0.25) is 0 Å². The third-order valence-corrected chi connectivity index (χ3v) is 1.90. The van der Waals surface area contributed by atoms with Crippen LogP contribution in [0.3, 0.4) is 0 Å². The Bertz CT molecular complexity index is 306. The Morgan fingerprint density at radius 1 is 1.73 bits per heavy atom. The predicted molar refractivity (Wildman–Crippen MR) is 41.2 cm³/mol. The van der Waals surface area contributed by atoms with Gasteiger partial charge >= 0.3 is 0 Å². The second-order valence-corrected chi connectivity index (χ2v) is 2.79. The van der Waals surface area contributed by atoms with Gasteiger partial charge in [0.15, 0.2) is 0 Å². The molecule has 0 fully saturated rings. The number of hydrogen-bond acceptors (Lipinski definition) is 2. The van der Waals surface area contributed by atoms with Gasteiger partial charge in [-0.05, 0) is 5.56 Å². The third kappa shape index (κ3) is 1.99. The first-order chi connectivity index (χ1) is 5.24. The van der Waals surface area contributed by atoms with Crippen molar-refractivity contribution in [2.75, 3.05) is 0 Å². The fourth-order valence-electron chi connectivity index (χ4n) is 0.651. The Morgan fingerprint density at radius 2 is 2.45 bits per heavy atom. The van der Waals surface area contributed by atoms with Crippen LogP contribution in [0, 0.1) is 17.3 Å². The number of pyridine rings is 1. The summed E-state index contributed by atoms with van der Waals surface area (Å²) in [6, 6.07) is 3.19. The zero-order chi connectivity index (χ0) is 8.27. The SMILES string of the molecule is N#CCc1cnc(F)cc1Br. The lowest BCUT2D eigenvalue weighted by atomic mass is 10.2. The van der Waals surface area contributed by atoms with E-state index in [1.165, 1.54) is 12.3 Å². The van der Waals surface area contributed by atoms with E-state index in [1.807, 2.05) is 6.07 Å². The minimum Gasteiger partial charge on any atom is -0.228 e. The molecule has 2 nitrogen and oxygen atoms in total. The van der Waals surface area contributed by atoms with E-state index in [2.05, 4.69) is 20.9 Å². The van der Waals surface area contributed by atoms with E-state index in [1.54, 1.807) is 0 Å². The third-order valence-electron chi connectivity index (χ3n) is 1.17. The monoisotopic (exact) mass is 214 g/mol. The minimum atomic E-state index is -0.543. The van der Waals surface area contributed by atoms with Crippen molar-refractivity contribution in [3.05, 3.63) is 28.2 Å². The highest BCUT2D eigenvalue weighted by Crippen LogP contribution is 2.16. The molecule has 1 aromatic heterocycles. The Kier molecular flexibility index (Phi) is 2.55. The summed E-state index contributed by atoms with van der Waals surface area (Å²) in [6.07, 6.45) is 1.59. The fraction of sp³-hybridized carbons (Fsp3) is 0.143. The van der Waals surface area contributed by atoms with Crippen LogP contribution in [-0.4, -0.2) is 4.98 Å². The molecule has 0 saturated carbocycles. The Hall–Kier alpha value is -0.950. The number of nitriles is 1. The molecule has 1 rings (SSSR count). The summed E-state index contributed by atoms with van der Waals surface area (Å²) < 4.78 is 13.0. The molecule has 0 saturated heterocycles. The second kappa shape index (κ2) is 3.44. The van der Waals surface area contributed by atoms with Crippen LogP contribution in [0.5, 0.6) is 0 Å². The lowest BCUT2D eigenvalue weighted by molar-refractivity contribution is 0.581. The first-order valence-corrected chi connectivity index (χ1v) is 3.70. The van der Waals surface area contributed by atoms with Crippen molar-refractivity contribution in [1.29, 1.82) is 5.26 Å². The van der Waals surface area contributed by atoms with Gasteiger partial charge in [0.25, 0.3) is 0 Å². The maximum absolute atomic E-state index is 12.4. The minimum absolute atomic E-state index is 0.244. The van der Waals surface area contributed by atoms with Crippen LogP contribution in [0.1, 0.15) is 5.56 Å². The largest absolute Gasteiger partial charge is 0.228 e. The van der Waals surface area contributed by atoms with Crippen molar-refractivity contribution in [2.45, 2.75) is 6.42 Å². The van der Waals surface area contributed by atoms with Gasteiger partial charge in [-0.25, -0.2) is 4.98 Å². The maximum Gasteiger partial charge on any atom is 0.213 e. The number of halogens is 2. The smallest absolute Gasteiger partial charge is 0.213 e. The number of nitrogens with zero attached hydrogens (tertiary/aromatic N) is 2. The maximum atomic E-state index is 12.4. The van der Waals surface area contributed by atoms with E-state index >= 15 is 0 Å². The molecule has 0 spiro atoms. The summed E-state index contributed by atoms with van der Waals surface area (Å²) in [5.41, 5.74) is 0.703. The molecule has 0 amide bonds. The van der Waals surface area contributed by atoms with Gasteiger partial charge in [-0.15, -0.1) is 0 Å². The lowest BCUT2D eigenvalue weighted by Gasteiger charge is -1.96. The van der Waals surface area contributed by atoms with E-state index in [4.69, 9.17) is 5.26 Å². The van der Waals surface area contributed by atoms with Crippen LogP contribution < -0.4 is 0 Å². The van der Waals surface area contributed by atoms with Gasteiger partial charge in [0.05, 0.1) is 12.5 Å². The highest BCUT2D eigenvalue weighted by molar-refractivity contribution is 9.10. The van der Waals surface area contributed by atoms with E-state index < -0.39 is 5.95 Å². The van der Waals surface area contributed by atoms with Crippen molar-refractivity contribution in [3.8, 4) is 6.07 Å². The Balaban J connectivity index is 3.01. The average molecular weight is 215 g/mol. The summed E-state index contributed by atoms with van der Waals surface area (Å²) >= 11 is 3.12. The first-order valence-electron chi connectivity index (χ1n) is 2.91. The predicted octanol–water partition coefficient (Wildman–Crippen LogP) is 2.05. The van der Waals surface area contributed by atoms with E-state index in [0.29, 0.717) is 10.0 Å². The summed E-state index contributed by atoms with van der Waals surface area (Å²) in [6.45, 7) is 0. The summed E-state index contributed by atoms with van der Waals surface area (Å²) in [5.74, 6) is -0.543. The molecule has 0 radical (unpaired) electrons. The molecular formula is C7H4BrFN2. The molecular weight excluding hydrogens is 211 g/mol. The van der Waals surface area contributed by atoms with Crippen molar-refractivity contribution in [3.63, 3.8) is 0 Å². The van der Waals surface area contributed by atoms with E-state index in [-0.39, 0.29) is 6.42 Å². The number of rotatable bonds is 1. The number of hydrogen-bond donors (Lipinski definition) is 0. The van der Waals surface area contributed by atoms with Crippen molar-refractivity contribution in [1.82, 2.24) is 4.98 Å². The van der Waals surface area contributed by atoms with Gasteiger partial charge in [0, 0.05) is 16.7 Å². The molecule has 4 heteroatoms. The molecule has 0 aromatic carbocycles. The van der Waals surface area contributed by atoms with Crippen LogP contribution in [0.4, 0.5) is 4.39 Å². The molecule has 56 valence electrons. The van der Waals surface area contributed by atoms with E-state index in [9.17, 15) is 4.39 Å². The zero-order valence-corrected chi connectivity index (χ0v) is 7.10. The molecule has 0 aliphatic heterocycles. The molecule has 0 atom stereocenters. The van der Waals surface area contributed by atoms with Crippen LogP contribution in [0.2, 0.25) is 0 Å². The standard InChI is InChI=1S/C7H4BrFN2/c8-6-3-7(9)11-4-5(6)1-2-10/h3-4H,1H2. The summed E-state index contributed by atoms with van der Waals surface area (Å²) in [5, 5.41) is 8.32. The summed E-state index contributed by atoms with van der Waals surface area (Å²) in [4.78, 5) is 3.41. The van der Waals surface area contributed by atoms with Crippen molar-refractivity contribution >= 4 is 15.9 Å². The van der Waals surface area contributed by atoms with Crippen LogP contribution >= 0.6 is 15.9 Å². The molecule has 0 N–H and O–H groups in total. The molecule has 0 bridgehead atoms. The Labute approximate surface area is 71.8 Å². The molecule has 1 heterocycles. The summed E-state index contributed by atoms with van der Waals surface area (Å²) in [7, 11) is 0.